The first-order valence-corrected chi connectivity index (χ1v) is 8.42. The molecule has 1 atom stereocenters. The van der Waals surface area contributed by atoms with E-state index < -0.39 is 0 Å². The lowest BCUT2D eigenvalue weighted by molar-refractivity contribution is -0.138. The molecule has 2 aromatic rings. The van der Waals surface area contributed by atoms with Crippen LogP contribution in [0.25, 0.3) is 0 Å². The van der Waals surface area contributed by atoms with E-state index in [1.165, 1.54) is 4.88 Å². The number of aromatic nitrogens is 2. The summed E-state index contributed by atoms with van der Waals surface area (Å²) in [4.78, 5) is 25.3. The minimum atomic E-state index is -0.242. The average Bonchev–Trinajstić information content (AvgIpc) is 2.99. The zero-order chi connectivity index (χ0) is 16.2. The van der Waals surface area contributed by atoms with Gasteiger partial charge >= 0.3 is 0 Å². The molecule has 0 radical (unpaired) electrons. The Labute approximate surface area is 139 Å². The third-order valence-corrected chi connectivity index (χ3v) is 4.81. The summed E-state index contributed by atoms with van der Waals surface area (Å²) < 4.78 is 5.81. The van der Waals surface area contributed by atoms with Gasteiger partial charge in [-0.25, -0.2) is 4.98 Å². The number of anilines is 1. The fraction of sp³-hybridized carbons (Fsp3) is 0.438. The maximum Gasteiger partial charge on any atom is 0.228 e. The van der Waals surface area contributed by atoms with E-state index in [1.54, 1.807) is 30.8 Å². The lowest BCUT2D eigenvalue weighted by atomic mass is 10.2. The zero-order valence-corrected chi connectivity index (χ0v) is 14.1. The second-order valence-electron chi connectivity index (χ2n) is 5.43. The minimum Gasteiger partial charge on any atom is -0.372 e. The fourth-order valence-electron chi connectivity index (χ4n) is 2.66. The van der Waals surface area contributed by atoms with Crippen LogP contribution in [0, 0.1) is 6.92 Å². The summed E-state index contributed by atoms with van der Waals surface area (Å²) in [5.41, 5.74) is 0.750. The highest BCUT2D eigenvalue weighted by Gasteiger charge is 2.28. The van der Waals surface area contributed by atoms with Gasteiger partial charge in [-0.2, -0.15) is 0 Å². The van der Waals surface area contributed by atoms with Gasteiger partial charge in [0.1, 0.15) is 17.6 Å². The first-order chi connectivity index (χ1) is 11.2. The Morgan fingerprint density at radius 3 is 3.00 bits per heavy atom. The molecule has 1 fully saturated rings. The van der Waals surface area contributed by atoms with Gasteiger partial charge in [0.2, 0.25) is 5.91 Å². The molecule has 0 spiro atoms. The smallest absolute Gasteiger partial charge is 0.228 e. The van der Waals surface area contributed by atoms with Crippen LogP contribution in [0.1, 0.15) is 21.6 Å². The molecule has 0 aliphatic carbocycles. The molecule has 122 valence electrons. The van der Waals surface area contributed by atoms with Gasteiger partial charge in [-0.15, -0.1) is 11.3 Å². The summed E-state index contributed by atoms with van der Waals surface area (Å²) in [6.45, 7) is 3.70. The number of carbonyl (C=O) groups excluding carboxylic acids is 1. The molecule has 0 unspecified atom stereocenters. The van der Waals surface area contributed by atoms with E-state index in [1.807, 2.05) is 17.0 Å². The zero-order valence-electron chi connectivity index (χ0n) is 13.3. The van der Waals surface area contributed by atoms with E-state index in [2.05, 4.69) is 22.2 Å². The van der Waals surface area contributed by atoms with Gasteiger partial charge in [-0.1, -0.05) is 0 Å². The summed E-state index contributed by atoms with van der Waals surface area (Å²) in [6, 6.07) is 4.08. The van der Waals surface area contributed by atoms with Gasteiger partial charge in [0, 0.05) is 35.7 Å². The van der Waals surface area contributed by atoms with Crippen LogP contribution >= 0.6 is 11.3 Å². The molecule has 1 N–H and O–H groups in total. The van der Waals surface area contributed by atoms with Crippen LogP contribution in [0.2, 0.25) is 0 Å². The number of nitrogens with zero attached hydrogens (tertiary/aromatic N) is 3. The van der Waals surface area contributed by atoms with Crippen LogP contribution < -0.4 is 5.32 Å². The molecule has 6 nitrogen and oxygen atoms in total. The Bertz CT molecular complexity index is 688. The molecular weight excluding hydrogens is 312 g/mol. The van der Waals surface area contributed by atoms with Gasteiger partial charge in [-0.05, 0) is 19.1 Å². The SMILES string of the molecule is CNc1nccnc1[C@H]1CN(C(=O)Cc2ccc(C)s2)CCO1. The standard InChI is InChI=1S/C16H20N4O2S/c1-11-3-4-12(23-11)9-14(21)20-7-8-22-13(10-20)15-16(17-2)19-6-5-18-15/h3-6,13H,7-10H2,1-2H3,(H,17,19)/t13-/m1/s1. The second kappa shape index (κ2) is 7.06. The molecule has 1 amide bonds. The van der Waals surface area contributed by atoms with E-state index in [9.17, 15) is 4.79 Å². The second-order valence-corrected chi connectivity index (χ2v) is 6.80. The van der Waals surface area contributed by atoms with E-state index >= 15 is 0 Å². The molecular formula is C16H20N4O2S. The van der Waals surface area contributed by atoms with Crippen molar-refractivity contribution in [2.24, 2.45) is 0 Å². The Morgan fingerprint density at radius 1 is 1.43 bits per heavy atom. The molecule has 0 aromatic carbocycles. The summed E-state index contributed by atoms with van der Waals surface area (Å²) in [5, 5.41) is 3.02. The number of ether oxygens (including phenoxy) is 1. The van der Waals surface area contributed by atoms with Crippen LogP contribution in [0.4, 0.5) is 5.82 Å². The van der Waals surface area contributed by atoms with E-state index in [0.717, 1.165) is 10.6 Å². The number of thiophene rings is 1. The molecule has 1 aliphatic heterocycles. The number of hydrogen-bond acceptors (Lipinski definition) is 6. The molecule has 0 saturated carbocycles. The fourth-order valence-corrected chi connectivity index (χ4v) is 3.54. The van der Waals surface area contributed by atoms with Crippen molar-refractivity contribution in [1.82, 2.24) is 14.9 Å². The topological polar surface area (TPSA) is 67.4 Å². The molecule has 23 heavy (non-hydrogen) atoms. The predicted octanol–water partition coefficient (Wildman–Crippen LogP) is 2.03. The van der Waals surface area contributed by atoms with Gasteiger partial charge in [0.25, 0.3) is 0 Å². The van der Waals surface area contributed by atoms with Crippen molar-refractivity contribution < 1.29 is 9.53 Å². The Morgan fingerprint density at radius 2 is 2.26 bits per heavy atom. The highest BCUT2D eigenvalue weighted by Crippen LogP contribution is 2.25. The van der Waals surface area contributed by atoms with Crippen molar-refractivity contribution in [3.63, 3.8) is 0 Å². The Hall–Kier alpha value is -1.99. The number of amides is 1. The van der Waals surface area contributed by atoms with Crippen LogP contribution in [-0.2, 0) is 16.0 Å². The van der Waals surface area contributed by atoms with Gasteiger partial charge in [0.05, 0.1) is 19.6 Å². The highest BCUT2D eigenvalue weighted by atomic mass is 32.1. The van der Waals surface area contributed by atoms with E-state index in [4.69, 9.17) is 4.74 Å². The maximum absolute atomic E-state index is 12.5. The number of nitrogens with one attached hydrogen (secondary N) is 1. The predicted molar refractivity (Wildman–Crippen MR) is 89.6 cm³/mol. The Kier molecular flexibility index (Phi) is 4.88. The van der Waals surface area contributed by atoms with Gasteiger partial charge in [-0.3, -0.25) is 9.78 Å². The van der Waals surface area contributed by atoms with Crippen molar-refractivity contribution in [3.8, 4) is 0 Å². The largest absolute Gasteiger partial charge is 0.372 e. The molecule has 3 heterocycles. The van der Waals surface area contributed by atoms with Crippen molar-refractivity contribution >= 4 is 23.1 Å². The lowest BCUT2D eigenvalue weighted by Crippen LogP contribution is -2.43. The summed E-state index contributed by atoms with van der Waals surface area (Å²) in [7, 11) is 1.80. The highest BCUT2D eigenvalue weighted by molar-refractivity contribution is 7.12. The number of aryl methyl sites for hydroxylation is 1. The first kappa shape index (κ1) is 15.9. The minimum absolute atomic E-state index is 0.134. The third kappa shape index (κ3) is 3.68. The van der Waals surface area contributed by atoms with Crippen molar-refractivity contribution in [3.05, 3.63) is 40.0 Å². The summed E-state index contributed by atoms with van der Waals surface area (Å²) >= 11 is 1.67. The van der Waals surface area contributed by atoms with Gasteiger partial charge in [0.15, 0.2) is 0 Å². The molecule has 7 heteroatoms. The average molecular weight is 332 g/mol. The summed E-state index contributed by atoms with van der Waals surface area (Å²) in [5.74, 6) is 0.829. The molecule has 2 aromatic heterocycles. The van der Waals surface area contributed by atoms with E-state index in [0.29, 0.717) is 31.9 Å². The van der Waals surface area contributed by atoms with E-state index in [-0.39, 0.29) is 12.0 Å². The molecule has 0 bridgehead atoms. The maximum atomic E-state index is 12.5. The molecule has 3 rings (SSSR count). The monoisotopic (exact) mass is 332 g/mol. The molecule has 1 saturated heterocycles. The van der Waals surface area contributed by atoms with Crippen LogP contribution in [0.5, 0.6) is 0 Å². The number of morpholine rings is 1. The van der Waals surface area contributed by atoms with Crippen LogP contribution in [0.15, 0.2) is 24.5 Å². The van der Waals surface area contributed by atoms with Crippen molar-refractivity contribution in [2.75, 3.05) is 32.1 Å². The van der Waals surface area contributed by atoms with Crippen molar-refractivity contribution in [2.45, 2.75) is 19.4 Å². The molecule has 1 aliphatic rings. The lowest BCUT2D eigenvalue weighted by Gasteiger charge is -2.33. The van der Waals surface area contributed by atoms with Crippen molar-refractivity contribution in [1.29, 1.82) is 0 Å². The van der Waals surface area contributed by atoms with Gasteiger partial charge < -0.3 is 15.0 Å². The quantitative estimate of drug-likeness (QED) is 0.928. The first-order valence-electron chi connectivity index (χ1n) is 7.60. The number of carbonyl (C=O) groups is 1. The summed E-state index contributed by atoms with van der Waals surface area (Å²) in [6.07, 6.45) is 3.49. The number of rotatable bonds is 4. The van der Waals surface area contributed by atoms with Crippen LogP contribution in [-0.4, -0.2) is 47.5 Å². The number of hydrogen-bond donors (Lipinski definition) is 1. The normalized spacial score (nSPS) is 18.0. The third-order valence-electron chi connectivity index (χ3n) is 3.81. The van der Waals surface area contributed by atoms with Crippen LogP contribution in [0.3, 0.4) is 0 Å². The Balaban J connectivity index is 1.69.